The van der Waals surface area contributed by atoms with E-state index in [2.05, 4.69) is 21.1 Å². The first kappa shape index (κ1) is 10.7. The van der Waals surface area contributed by atoms with Gasteiger partial charge in [0.25, 0.3) is 0 Å². The maximum absolute atomic E-state index is 9.11. The first-order valence-corrected chi connectivity index (χ1v) is 5.40. The van der Waals surface area contributed by atoms with Gasteiger partial charge in [0.1, 0.15) is 5.69 Å². The summed E-state index contributed by atoms with van der Waals surface area (Å²) in [7, 11) is 0. The number of hydrogen-bond acceptors (Lipinski definition) is 3. The second-order valence-corrected chi connectivity index (χ2v) is 4.21. The number of nitrogens with zero attached hydrogens (tertiary/aromatic N) is 1. The minimum absolute atomic E-state index is 0.135. The summed E-state index contributed by atoms with van der Waals surface area (Å²) in [5, 5.41) is 13.0. The van der Waals surface area contributed by atoms with Crippen LogP contribution in [-0.4, -0.2) is 10.3 Å². The van der Waals surface area contributed by atoms with Crippen molar-refractivity contribution in [3.8, 4) is 11.3 Å². The molecule has 0 atom stereocenters. The fourth-order valence-electron chi connectivity index (χ4n) is 1.26. The molecule has 0 spiro atoms. The Morgan fingerprint density at radius 3 is 2.60 bits per heavy atom. The van der Waals surface area contributed by atoms with Crippen LogP contribution < -0.4 is 0 Å². The lowest BCUT2D eigenvalue weighted by Crippen LogP contribution is -1.86. The quantitative estimate of drug-likeness (QED) is 0.922. The lowest BCUT2D eigenvalue weighted by Gasteiger charge is -1.98. The van der Waals surface area contributed by atoms with Gasteiger partial charge >= 0.3 is 0 Å². The van der Waals surface area contributed by atoms with Crippen LogP contribution in [0.2, 0.25) is 5.22 Å². The minimum atomic E-state index is -0.187. The Balaban J connectivity index is 2.49. The molecule has 2 aromatic rings. The van der Waals surface area contributed by atoms with Gasteiger partial charge in [-0.3, -0.25) is 0 Å². The maximum Gasteiger partial charge on any atom is 0.232 e. The van der Waals surface area contributed by atoms with Crippen LogP contribution in [0.1, 0.15) is 5.56 Å². The van der Waals surface area contributed by atoms with Crippen LogP contribution in [0.5, 0.6) is 0 Å². The van der Waals surface area contributed by atoms with E-state index in [-0.39, 0.29) is 11.8 Å². The van der Waals surface area contributed by atoms with Crippen LogP contribution in [0.15, 0.2) is 33.3 Å². The van der Waals surface area contributed by atoms with Crippen molar-refractivity contribution in [1.29, 1.82) is 0 Å². The molecule has 0 aliphatic heterocycles. The summed E-state index contributed by atoms with van der Waals surface area (Å²) in [4.78, 5) is 0. The Morgan fingerprint density at radius 1 is 1.33 bits per heavy atom. The van der Waals surface area contributed by atoms with Crippen molar-refractivity contribution in [1.82, 2.24) is 5.16 Å². The minimum Gasteiger partial charge on any atom is -0.391 e. The standard InChI is InChI=1S/C10H7BrClNO2/c11-7-3-1-6(2-4-7)9-8(5-14)10(12)15-13-9/h1-4,14H,5H2. The summed E-state index contributed by atoms with van der Waals surface area (Å²) < 4.78 is 5.79. The molecule has 0 radical (unpaired) electrons. The summed E-state index contributed by atoms with van der Waals surface area (Å²) in [5.74, 6) is 0. The number of aromatic nitrogens is 1. The molecule has 5 heteroatoms. The molecule has 0 unspecified atom stereocenters. The van der Waals surface area contributed by atoms with Crippen molar-refractivity contribution >= 4 is 27.5 Å². The predicted octanol–water partition coefficient (Wildman–Crippen LogP) is 3.25. The summed E-state index contributed by atoms with van der Waals surface area (Å²) in [5.41, 5.74) is 1.95. The molecule has 3 nitrogen and oxygen atoms in total. The highest BCUT2D eigenvalue weighted by molar-refractivity contribution is 9.10. The van der Waals surface area contributed by atoms with Crippen molar-refractivity contribution in [3.63, 3.8) is 0 Å². The lowest BCUT2D eigenvalue weighted by atomic mass is 10.1. The molecule has 0 bridgehead atoms. The van der Waals surface area contributed by atoms with Gasteiger partial charge in [-0.05, 0) is 23.7 Å². The van der Waals surface area contributed by atoms with Crippen LogP contribution in [0.3, 0.4) is 0 Å². The Morgan fingerprint density at radius 2 is 2.00 bits per heavy atom. The molecule has 0 aliphatic carbocycles. The second kappa shape index (κ2) is 4.35. The predicted molar refractivity (Wildman–Crippen MR) is 60.6 cm³/mol. The van der Waals surface area contributed by atoms with Gasteiger partial charge in [0, 0.05) is 10.0 Å². The fraction of sp³-hybridized carbons (Fsp3) is 0.100. The highest BCUT2D eigenvalue weighted by atomic mass is 79.9. The molecular formula is C10H7BrClNO2. The van der Waals surface area contributed by atoms with E-state index in [0.29, 0.717) is 11.3 Å². The molecule has 1 aromatic heterocycles. The van der Waals surface area contributed by atoms with Crippen molar-refractivity contribution < 1.29 is 9.63 Å². The van der Waals surface area contributed by atoms with E-state index < -0.39 is 0 Å². The lowest BCUT2D eigenvalue weighted by molar-refractivity contribution is 0.281. The summed E-state index contributed by atoms with van der Waals surface area (Å²) in [6.07, 6.45) is 0. The number of rotatable bonds is 2. The average Bonchev–Trinajstić information content (AvgIpc) is 2.61. The zero-order chi connectivity index (χ0) is 10.8. The molecule has 1 heterocycles. The van der Waals surface area contributed by atoms with E-state index in [4.69, 9.17) is 21.2 Å². The highest BCUT2D eigenvalue weighted by Crippen LogP contribution is 2.29. The van der Waals surface area contributed by atoms with Crippen LogP contribution in [-0.2, 0) is 6.61 Å². The van der Waals surface area contributed by atoms with Gasteiger partial charge in [0.2, 0.25) is 5.22 Å². The Hall–Kier alpha value is -0.840. The SMILES string of the molecule is OCc1c(-c2ccc(Br)cc2)noc1Cl. The molecule has 0 amide bonds. The molecule has 1 aromatic carbocycles. The molecule has 2 rings (SSSR count). The molecule has 0 saturated carbocycles. The maximum atomic E-state index is 9.11. The number of hydrogen-bond donors (Lipinski definition) is 1. The number of benzene rings is 1. The first-order chi connectivity index (χ1) is 7.22. The number of aliphatic hydroxyl groups is 1. The van der Waals surface area contributed by atoms with Gasteiger partial charge in [-0.2, -0.15) is 0 Å². The molecule has 1 N–H and O–H groups in total. The van der Waals surface area contributed by atoms with Crippen LogP contribution in [0.25, 0.3) is 11.3 Å². The van der Waals surface area contributed by atoms with Crippen molar-refractivity contribution in [3.05, 3.63) is 39.5 Å². The van der Waals surface area contributed by atoms with Crippen LogP contribution in [0.4, 0.5) is 0 Å². The van der Waals surface area contributed by atoms with Crippen LogP contribution in [0, 0.1) is 0 Å². The number of halogens is 2. The van der Waals surface area contributed by atoms with Gasteiger partial charge in [-0.1, -0.05) is 33.2 Å². The Labute approximate surface area is 99.8 Å². The molecule has 15 heavy (non-hydrogen) atoms. The fourth-order valence-corrected chi connectivity index (χ4v) is 1.71. The van der Waals surface area contributed by atoms with Gasteiger partial charge in [0.05, 0.1) is 12.2 Å². The van der Waals surface area contributed by atoms with E-state index in [0.717, 1.165) is 10.0 Å². The normalized spacial score (nSPS) is 10.6. The van der Waals surface area contributed by atoms with Gasteiger partial charge < -0.3 is 9.63 Å². The van der Waals surface area contributed by atoms with E-state index in [1.54, 1.807) is 0 Å². The summed E-state index contributed by atoms with van der Waals surface area (Å²) in [6.45, 7) is -0.187. The molecule has 78 valence electrons. The van der Waals surface area contributed by atoms with Crippen LogP contribution >= 0.6 is 27.5 Å². The van der Waals surface area contributed by atoms with E-state index >= 15 is 0 Å². The number of aliphatic hydroxyl groups excluding tert-OH is 1. The van der Waals surface area contributed by atoms with E-state index in [1.165, 1.54) is 0 Å². The van der Waals surface area contributed by atoms with Crippen molar-refractivity contribution in [2.75, 3.05) is 0 Å². The van der Waals surface area contributed by atoms with Crippen molar-refractivity contribution in [2.45, 2.75) is 6.61 Å². The summed E-state index contributed by atoms with van der Waals surface area (Å²) >= 11 is 9.07. The van der Waals surface area contributed by atoms with Gasteiger partial charge in [0.15, 0.2) is 0 Å². The third-order valence-electron chi connectivity index (χ3n) is 2.02. The molecular weight excluding hydrogens is 281 g/mol. The molecule has 0 fully saturated rings. The monoisotopic (exact) mass is 287 g/mol. The molecule has 0 aliphatic rings. The zero-order valence-electron chi connectivity index (χ0n) is 7.58. The average molecular weight is 289 g/mol. The second-order valence-electron chi connectivity index (χ2n) is 2.95. The smallest absolute Gasteiger partial charge is 0.232 e. The topological polar surface area (TPSA) is 46.3 Å². The highest BCUT2D eigenvalue weighted by Gasteiger charge is 2.14. The zero-order valence-corrected chi connectivity index (χ0v) is 9.92. The van der Waals surface area contributed by atoms with E-state index in [9.17, 15) is 0 Å². The van der Waals surface area contributed by atoms with Gasteiger partial charge in [-0.25, -0.2) is 0 Å². The Kier molecular flexibility index (Phi) is 3.09. The largest absolute Gasteiger partial charge is 0.391 e. The van der Waals surface area contributed by atoms with Crippen molar-refractivity contribution in [2.24, 2.45) is 0 Å². The van der Waals surface area contributed by atoms with Gasteiger partial charge in [-0.15, -0.1) is 0 Å². The third kappa shape index (κ3) is 2.07. The summed E-state index contributed by atoms with van der Waals surface area (Å²) in [6, 6.07) is 7.52. The molecule has 0 saturated heterocycles. The Bertz CT molecular complexity index is 467. The third-order valence-corrected chi connectivity index (χ3v) is 2.84. The first-order valence-electron chi connectivity index (χ1n) is 4.23. The van der Waals surface area contributed by atoms with E-state index in [1.807, 2.05) is 24.3 Å².